The third-order valence-corrected chi connectivity index (χ3v) is 4.02. The van der Waals surface area contributed by atoms with E-state index in [1.54, 1.807) is 0 Å². The molecular formula is C19H13F5N4O2. The number of nitrogens with two attached hydrogens (primary N) is 1. The van der Waals surface area contributed by atoms with E-state index in [4.69, 9.17) is 10.5 Å². The lowest BCUT2D eigenvalue weighted by Gasteiger charge is -2.17. The zero-order valence-corrected chi connectivity index (χ0v) is 15.2. The van der Waals surface area contributed by atoms with Crippen LogP contribution in [0.1, 0.15) is 16.1 Å². The number of nitrogen functional groups attached to an aromatic ring is 1. The molecule has 0 radical (unpaired) electrons. The molecule has 0 aliphatic heterocycles. The van der Waals surface area contributed by atoms with Crippen LogP contribution in [0.2, 0.25) is 0 Å². The van der Waals surface area contributed by atoms with E-state index in [1.165, 1.54) is 25.6 Å². The molecule has 30 heavy (non-hydrogen) atoms. The second-order valence-corrected chi connectivity index (χ2v) is 5.95. The van der Waals surface area contributed by atoms with Crippen molar-refractivity contribution < 1.29 is 31.5 Å². The van der Waals surface area contributed by atoms with Crippen LogP contribution in [0.15, 0.2) is 42.7 Å². The number of hydrogen-bond donors (Lipinski definition) is 2. The Morgan fingerprint density at radius 2 is 1.83 bits per heavy atom. The molecule has 0 fully saturated rings. The number of methoxy groups -OCH3 is 1. The summed E-state index contributed by atoms with van der Waals surface area (Å²) in [6.07, 6.45) is -2.42. The van der Waals surface area contributed by atoms with Gasteiger partial charge in [-0.2, -0.15) is 13.2 Å². The van der Waals surface area contributed by atoms with Crippen LogP contribution in [-0.4, -0.2) is 23.0 Å². The molecule has 0 bridgehead atoms. The van der Waals surface area contributed by atoms with Gasteiger partial charge in [0, 0.05) is 12.3 Å². The number of carbonyl (C=O) groups is 1. The molecule has 156 valence electrons. The molecule has 3 aromatic rings. The van der Waals surface area contributed by atoms with Crippen LogP contribution in [0.4, 0.5) is 33.3 Å². The fourth-order valence-corrected chi connectivity index (χ4v) is 2.68. The molecule has 3 rings (SSSR count). The van der Waals surface area contributed by atoms with Gasteiger partial charge in [-0.05, 0) is 18.2 Å². The fraction of sp³-hybridized carbons (Fsp3) is 0.105. The van der Waals surface area contributed by atoms with E-state index in [9.17, 15) is 26.7 Å². The van der Waals surface area contributed by atoms with Gasteiger partial charge in [0.05, 0.1) is 35.8 Å². The number of pyridine rings is 2. The van der Waals surface area contributed by atoms with Crippen LogP contribution in [0.25, 0.3) is 11.3 Å². The van der Waals surface area contributed by atoms with E-state index in [0.29, 0.717) is 6.07 Å². The Labute approximate surface area is 166 Å². The first kappa shape index (κ1) is 21.0. The van der Waals surface area contributed by atoms with Crippen molar-refractivity contribution in [3.8, 4) is 17.0 Å². The van der Waals surface area contributed by atoms with Gasteiger partial charge in [0.15, 0.2) is 5.69 Å². The summed E-state index contributed by atoms with van der Waals surface area (Å²) < 4.78 is 73.9. The van der Waals surface area contributed by atoms with Gasteiger partial charge in [0.25, 0.3) is 5.91 Å². The second kappa shape index (κ2) is 7.93. The van der Waals surface area contributed by atoms with Gasteiger partial charge < -0.3 is 15.8 Å². The Bertz CT molecular complexity index is 1100. The molecule has 0 atom stereocenters. The highest BCUT2D eigenvalue weighted by Gasteiger charge is 2.37. The number of hydrogen-bond acceptors (Lipinski definition) is 5. The number of amides is 1. The van der Waals surface area contributed by atoms with Crippen LogP contribution >= 0.6 is 0 Å². The predicted octanol–water partition coefficient (Wildman–Crippen LogP) is 4.28. The molecule has 6 nitrogen and oxygen atoms in total. The molecule has 2 aromatic heterocycles. The van der Waals surface area contributed by atoms with Crippen LogP contribution in [0.3, 0.4) is 0 Å². The summed E-state index contributed by atoms with van der Waals surface area (Å²) in [4.78, 5) is 20.0. The molecule has 0 spiro atoms. The molecule has 1 aromatic carbocycles. The van der Waals surface area contributed by atoms with Gasteiger partial charge in [-0.15, -0.1) is 0 Å². The van der Waals surface area contributed by atoms with Gasteiger partial charge in [0.1, 0.15) is 23.1 Å². The highest BCUT2D eigenvalue weighted by molar-refractivity contribution is 6.07. The van der Waals surface area contributed by atoms with E-state index >= 15 is 0 Å². The number of ether oxygens (including phenoxy) is 1. The van der Waals surface area contributed by atoms with Crippen molar-refractivity contribution in [1.29, 1.82) is 0 Å². The smallest absolute Gasteiger partial charge is 0.418 e. The number of rotatable bonds is 4. The Hall–Kier alpha value is -3.76. The Kier molecular flexibility index (Phi) is 5.54. The molecule has 0 aliphatic carbocycles. The maximum atomic E-state index is 14.2. The highest BCUT2D eigenvalue weighted by Crippen LogP contribution is 2.39. The lowest BCUT2D eigenvalue weighted by molar-refractivity contribution is -0.137. The van der Waals surface area contributed by atoms with Gasteiger partial charge in [-0.1, -0.05) is 6.07 Å². The number of anilines is 2. The van der Waals surface area contributed by atoms with E-state index in [0.717, 1.165) is 18.2 Å². The minimum Gasteiger partial charge on any atom is -0.494 e. The number of carbonyl (C=O) groups excluding carboxylic acids is 1. The average molecular weight is 424 g/mol. The van der Waals surface area contributed by atoms with Crippen LogP contribution < -0.4 is 15.8 Å². The molecule has 0 aliphatic rings. The summed E-state index contributed by atoms with van der Waals surface area (Å²) in [6.45, 7) is 0. The standard InChI is InChI=1S/C19H13F5N4O2/c1-30-14-5-6-26-8-13(14)27-18(29)17-12(25)7-9(19(22,23)24)16(28-17)15-10(20)3-2-4-11(15)21/h2-8H,25H2,1H3,(H,27,29). The molecule has 0 saturated heterocycles. The van der Waals surface area contributed by atoms with Crippen molar-refractivity contribution in [2.24, 2.45) is 0 Å². The summed E-state index contributed by atoms with van der Waals surface area (Å²) in [5.41, 5.74) is 0.782. The Morgan fingerprint density at radius 3 is 2.43 bits per heavy atom. The summed E-state index contributed by atoms with van der Waals surface area (Å²) >= 11 is 0. The number of alkyl halides is 3. The van der Waals surface area contributed by atoms with Gasteiger partial charge in [0.2, 0.25) is 0 Å². The zero-order chi connectivity index (χ0) is 22.1. The molecular weight excluding hydrogens is 411 g/mol. The summed E-state index contributed by atoms with van der Waals surface area (Å²) in [5.74, 6) is -3.37. The molecule has 0 unspecified atom stereocenters. The van der Waals surface area contributed by atoms with Gasteiger partial charge in [-0.3, -0.25) is 9.78 Å². The van der Waals surface area contributed by atoms with E-state index in [1.807, 2.05) is 0 Å². The maximum Gasteiger partial charge on any atom is 0.418 e. The van der Waals surface area contributed by atoms with E-state index in [-0.39, 0.29) is 11.4 Å². The SMILES string of the molecule is COc1ccncc1NC(=O)c1nc(-c2c(F)cccc2F)c(C(F)(F)F)cc1N. The third kappa shape index (κ3) is 4.00. The molecule has 1 amide bonds. The molecule has 0 saturated carbocycles. The average Bonchev–Trinajstić information content (AvgIpc) is 2.68. The van der Waals surface area contributed by atoms with Gasteiger partial charge >= 0.3 is 6.18 Å². The fourth-order valence-electron chi connectivity index (χ4n) is 2.68. The zero-order valence-electron chi connectivity index (χ0n) is 15.2. The summed E-state index contributed by atoms with van der Waals surface area (Å²) in [6, 6.07) is 4.37. The van der Waals surface area contributed by atoms with Crippen molar-refractivity contribution in [2.75, 3.05) is 18.2 Å². The van der Waals surface area contributed by atoms with Crippen molar-refractivity contribution >= 4 is 17.3 Å². The summed E-state index contributed by atoms with van der Waals surface area (Å²) in [7, 11) is 1.33. The first-order chi connectivity index (χ1) is 14.1. The van der Waals surface area contributed by atoms with Gasteiger partial charge in [-0.25, -0.2) is 13.8 Å². The van der Waals surface area contributed by atoms with Crippen LogP contribution in [0.5, 0.6) is 5.75 Å². The number of nitrogens with zero attached hydrogens (tertiary/aromatic N) is 2. The lowest BCUT2D eigenvalue weighted by Crippen LogP contribution is -2.20. The predicted molar refractivity (Wildman–Crippen MR) is 97.7 cm³/mol. The topological polar surface area (TPSA) is 90.1 Å². The minimum absolute atomic E-state index is 0.0877. The Balaban J connectivity index is 2.16. The Morgan fingerprint density at radius 1 is 1.17 bits per heavy atom. The number of benzene rings is 1. The first-order valence-corrected chi connectivity index (χ1v) is 8.25. The van der Waals surface area contributed by atoms with Crippen molar-refractivity contribution in [2.45, 2.75) is 6.18 Å². The second-order valence-electron chi connectivity index (χ2n) is 5.95. The van der Waals surface area contributed by atoms with Crippen molar-refractivity contribution in [3.63, 3.8) is 0 Å². The van der Waals surface area contributed by atoms with Crippen molar-refractivity contribution in [3.05, 3.63) is 65.6 Å². The summed E-state index contributed by atoms with van der Waals surface area (Å²) in [5, 5.41) is 2.35. The molecule has 2 heterocycles. The van der Waals surface area contributed by atoms with E-state index < -0.39 is 51.9 Å². The molecule has 11 heteroatoms. The molecule has 3 N–H and O–H groups in total. The number of nitrogens with one attached hydrogen (secondary N) is 1. The monoisotopic (exact) mass is 424 g/mol. The van der Waals surface area contributed by atoms with Crippen molar-refractivity contribution in [1.82, 2.24) is 9.97 Å². The largest absolute Gasteiger partial charge is 0.494 e. The highest BCUT2D eigenvalue weighted by atomic mass is 19.4. The maximum absolute atomic E-state index is 14.2. The number of halogens is 5. The van der Waals surface area contributed by atoms with E-state index in [2.05, 4.69) is 15.3 Å². The van der Waals surface area contributed by atoms with Crippen LogP contribution in [0, 0.1) is 11.6 Å². The first-order valence-electron chi connectivity index (χ1n) is 8.25. The minimum atomic E-state index is -5.03. The lowest BCUT2D eigenvalue weighted by atomic mass is 10.0. The quantitative estimate of drug-likeness (QED) is 0.610. The van der Waals surface area contributed by atoms with Crippen LogP contribution in [-0.2, 0) is 6.18 Å². The third-order valence-electron chi connectivity index (χ3n) is 4.02. The number of aromatic nitrogens is 2. The normalized spacial score (nSPS) is 11.3.